The summed E-state index contributed by atoms with van der Waals surface area (Å²) in [6.07, 6.45) is 0. The van der Waals surface area contributed by atoms with Crippen molar-refractivity contribution in [1.82, 2.24) is 0 Å². The molecular weight excluding hydrogens is 419 g/mol. The largest absolute Gasteiger partial charge is 0.498 e. The third kappa shape index (κ3) is 3.29. The van der Waals surface area contributed by atoms with Gasteiger partial charge < -0.3 is 13.7 Å². The summed E-state index contributed by atoms with van der Waals surface area (Å²) in [5.41, 5.74) is 6.40. The SMILES string of the molecule is CC1(C)OB(c2cccc3c2oc2c(-c4cccc(-c5ccccc5)c4)cccc23)OC1(C)C. The average molecular weight is 446 g/mol. The third-order valence-electron chi connectivity index (χ3n) is 7.34. The van der Waals surface area contributed by atoms with Gasteiger partial charge in [0.15, 0.2) is 0 Å². The van der Waals surface area contributed by atoms with Crippen molar-refractivity contribution in [3.8, 4) is 22.3 Å². The van der Waals surface area contributed by atoms with E-state index in [0.29, 0.717) is 0 Å². The van der Waals surface area contributed by atoms with E-state index in [9.17, 15) is 0 Å². The fourth-order valence-electron chi connectivity index (χ4n) is 4.72. The molecule has 1 aliphatic rings. The smallest absolute Gasteiger partial charge is 0.456 e. The highest BCUT2D eigenvalue weighted by Crippen LogP contribution is 2.39. The molecule has 0 amide bonds. The van der Waals surface area contributed by atoms with Gasteiger partial charge in [-0.1, -0.05) is 84.9 Å². The minimum Gasteiger partial charge on any atom is -0.456 e. The minimum absolute atomic E-state index is 0.408. The van der Waals surface area contributed by atoms with Crippen molar-refractivity contribution >= 4 is 34.5 Å². The topological polar surface area (TPSA) is 31.6 Å². The average Bonchev–Trinajstić information content (AvgIpc) is 3.32. The molecule has 2 heterocycles. The first kappa shape index (κ1) is 21.2. The van der Waals surface area contributed by atoms with Crippen LogP contribution >= 0.6 is 0 Å². The highest BCUT2D eigenvalue weighted by atomic mass is 16.7. The van der Waals surface area contributed by atoms with Crippen molar-refractivity contribution in [3.05, 3.63) is 91.0 Å². The molecule has 6 rings (SSSR count). The fourth-order valence-corrected chi connectivity index (χ4v) is 4.72. The van der Waals surface area contributed by atoms with Crippen molar-refractivity contribution in [3.63, 3.8) is 0 Å². The maximum atomic E-state index is 6.60. The summed E-state index contributed by atoms with van der Waals surface area (Å²) in [5, 5.41) is 2.17. The first-order chi connectivity index (χ1) is 16.3. The molecule has 5 aromatic rings. The monoisotopic (exact) mass is 446 g/mol. The van der Waals surface area contributed by atoms with Gasteiger partial charge in [-0.25, -0.2) is 0 Å². The molecule has 0 spiro atoms. The van der Waals surface area contributed by atoms with E-state index in [2.05, 4.69) is 107 Å². The lowest BCUT2D eigenvalue weighted by molar-refractivity contribution is 0.00578. The normalized spacial score (nSPS) is 17.0. The van der Waals surface area contributed by atoms with Gasteiger partial charge in [0.05, 0.1) is 11.2 Å². The Labute approximate surface area is 200 Å². The van der Waals surface area contributed by atoms with E-state index in [4.69, 9.17) is 13.7 Å². The fraction of sp³-hybridized carbons (Fsp3) is 0.200. The Morgan fingerprint density at radius 3 is 1.88 bits per heavy atom. The van der Waals surface area contributed by atoms with Crippen LogP contribution in [0.25, 0.3) is 44.2 Å². The summed E-state index contributed by atoms with van der Waals surface area (Å²) in [4.78, 5) is 0. The number of benzene rings is 4. The zero-order valence-corrected chi connectivity index (χ0v) is 20.0. The highest BCUT2D eigenvalue weighted by Gasteiger charge is 2.52. The van der Waals surface area contributed by atoms with Crippen LogP contribution in [0.2, 0.25) is 0 Å². The van der Waals surface area contributed by atoms with E-state index in [-0.39, 0.29) is 0 Å². The molecule has 4 aromatic carbocycles. The van der Waals surface area contributed by atoms with Crippen molar-refractivity contribution in [1.29, 1.82) is 0 Å². The molecule has 3 nitrogen and oxygen atoms in total. The quantitative estimate of drug-likeness (QED) is 0.274. The zero-order valence-electron chi connectivity index (χ0n) is 20.0. The number of fused-ring (bicyclic) bond motifs is 3. The summed E-state index contributed by atoms with van der Waals surface area (Å²) in [5.74, 6) is 0. The lowest BCUT2D eigenvalue weighted by atomic mass is 9.78. The van der Waals surface area contributed by atoms with Gasteiger partial charge in [-0.05, 0) is 50.5 Å². The van der Waals surface area contributed by atoms with Crippen LogP contribution in [-0.4, -0.2) is 18.3 Å². The van der Waals surface area contributed by atoms with E-state index >= 15 is 0 Å². The van der Waals surface area contributed by atoms with E-state index < -0.39 is 18.3 Å². The van der Waals surface area contributed by atoms with Crippen molar-refractivity contribution in [2.24, 2.45) is 0 Å². The summed E-state index contributed by atoms with van der Waals surface area (Å²) in [6.45, 7) is 8.29. The number of hydrogen-bond acceptors (Lipinski definition) is 3. The molecule has 0 saturated carbocycles. The molecule has 0 atom stereocenters. The number of hydrogen-bond donors (Lipinski definition) is 0. The standard InChI is InChI=1S/C30H27BO3/c1-29(2)30(3,4)34-31(33-29)26-18-10-17-25-24-16-9-15-23(27(24)32-28(25)26)22-14-8-13-21(19-22)20-11-6-5-7-12-20/h5-19H,1-4H3. The van der Waals surface area contributed by atoms with Gasteiger partial charge >= 0.3 is 7.12 Å². The van der Waals surface area contributed by atoms with E-state index in [0.717, 1.165) is 38.5 Å². The molecule has 1 aromatic heterocycles. The third-order valence-corrected chi connectivity index (χ3v) is 7.34. The summed E-state index contributed by atoms with van der Waals surface area (Å²) in [6, 6.07) is 31.6. The van der Waals surface area contributed by atoms with Gasteiger partial charge in [-0.15, -0.1) is 0 Å². The first-order valence-corrected chi connectivity index (χ1v) is 11.8. The van der Waals surface area contributed by atoms with Gasteiger partial charge in [0, 0.05) is 21.8 Å². The van der Waals surface area contributed by atoms with Gasteiger partial charge in [-0.3, -0.25) is 0 Å². The predicted molar refractivity (Wildman–Crippen MR) is 140 cm³/mol. The van der Waals surface area contributed by atoms with Crippen LogP contribution < -0.4 is 5.46 Å². The lowest BCUT2D eigenvalue weighted by Crippen LogP contribution is -2.41. The second-order valence-corrected chi connectivity index (χ2v) is 10.0. The van der Waals surface area contributed by atoms with Gasteiger partial charge in [0.2, 0.25) is 0 Å². The molecule has 34 heavy (non-hydrogen) atoms. The molecule has 0 unspecified atom stereocenters. The highest BCUT2D eigenvalue weighted by molar-refractivity contribution is 6.65. The van der Waals surface area contributed by atoms with Gasteiger partial charge in [-0.2, -0.15) is 0 Å². The van der Waals surface area contributed by atoms with Crippen LogP contribution in [0, 0.1) is 0 Å². The van der Waals surface area contributed by atoms with Gasteiger partial charge in [0.25, 0.3) is 0 Å². The summed E-state index contributed by atoms with van der Waals surface area (Å²) in [7, 11) is -0.473. The molecule has 1 saturated heterocycles. The second kappa shape index (κ2) is 7.59. The Kier molecular flexibility index (Phi) is 4.74. The van der Waals surface area contributed by atoms with Crippen molar-refractivity contribution in [2.75, 3.05) is 0 Å². The van der Waals surface area contributed by atoms with Crippen molar-refractivity contribution in [2.45, 2.75) is 38.9 Å². The van der Waals surface area contributed by atoms with Crippen LogP contribution in [0.5, 0.6) is 0 Å². The molecule has 0 bridgehead atoms. The summed E-state index contributed by atoms with van der Waals surface area (Å²) >= 11 is 0. The van der Waals surface area contributed by atoms with Crippen molar-refractivity contribution < 1.29 is 13.7 Å². The van der Waals surface area contributed by atoms with Crippen LogP contribution in [0.15, 0.2) is 95.4 Å². The predicted octanol–water partition coefficient (Wildman–Crippen LogP) is 7.22. The maximum Gasteiger partial charge on any atom is 0.498 e. The maximum absolute atomic E-state index is 6.60. The molecule has 0 aliphatic carbocycles. The lowest BCUT2D eigenvalue weighted by Gasteiger charge is -2.32. The summed E-state index contributed by atoms with van der Waals surface area (Å²) < 4.78 is 19.3. The number of furan rings is 1. The van der Waals surface area contributed by atoms with E-state index in [1.807, 2.05) is 12.1 Å². The number of rotatable bonds is 3. The van der Waals surface area contributed by atoms with Crippen LogP contribution in [-0.2, 0) is 9.31 Å². The van der Waals surface area contributed by atoms with Crippen LogP contribution in [0.1, 0.15) is 27.7 Å². The number of para-hydroxylation sites is 2. The molecule has 1 fully saturated rings. The van der Waals surface area contributed by atoms with Crippen LogP contribution in [0.4, 0.5) is 0 Å². The Hall–Kier alpha value is -3.34. The van der Waals surface area contributed by atoms with Crippen LogP contribution in [0.3, 0.4) is 0 Å². The Morgan fingerprint density at radius 2 is 1.15 bits per heavy atom. The minimum atomic E-state index is -0.473. The first-order valence-electron chi connectivity index (χ1n) is 11.8. The van der Waals surface area contributed by atoms with E-state index in [1.54, 1.807) is 0 Å². The molecule has 0 N–H and O–H groups in total. The Balaban J connectivity index is 1.50. The zero-order chi connectivity index (χ0) is 23.5. The van der Waals surface area contributed by atoms with Gasteiger partial charge in [0.1, 0.15) is 11.2 Å². The Bertz CT molecular complexity index is 1500. The second-order valence-electron chi connectivity index (χ2n) is 10.0. The molecule has 1 aliphatic heterocycles. The Morgan fingerprint density at radius 1 is 0.559 bits per heavy atom. The molecule has 0 radical (unpaired) electrons. The molecular formula is C30H27BO3. The molecule has 168 valence electrons. The molecule has 4 heteroatoms. The van der Waals surface area contributed by atoms with E-state index in [1.165, 1.54) is 11.1 Å².